The molecule has 0 atom stereocenters. The largest absolute Gasteiger partial charge is 0.573 e. The second kappa shape index (κ2) is 11.4. The molecule has 1 N–H and O–H groups in total. The number of hydrogen-bond acceptors (Lipinski definition) is 8. The number of aromatic carboxylic acids is 1. The van der Waals surface area contributed by atoms with Gasteiger partial charge in [-0.15, -0.1) is 24.5 Å². The van der Waals surface area contributed by atoms with Crippen molar-refractivity contribution in [2.75, 3.05) is 18.0 Å². The topological polar surface area (TPSA) is 97.9 Å². The molecule has 1 aliphatic heterocycles. The maximum Gasteiger partial charge on any atom is 0.573 e. The zero-order valence-corrected chi connectivity index (χ0v) is 22.9. The average Bonchev–Trinajstić information content (AvgIpc) is 3.52. The lowest BCUT2D eigenvalue weighted by Crippen LogP contribution is -2.37. The van der Waals surface area contributed by atoms with Crippen LogP contribution in [0.15, 0.2) is 52.4 Å². The van der Waals surface area contributed by atoms with Gasteiger partial charge in [0.05, 0.1) is 24.0 Å². The summed E-state index contributed by atoms with van der Waals surface area (Å²) in [7, 11) is 0. The molecule has 1 aliphatic carbocycles. The molecule has 2 aliphatic rings. The van der Waals surface area contributed by atoms with Crippen molar-refractivity contribution in [3.05, 3.63) is 70.5 Å². The van der Waals surface area contributed by atoms with Crippen molar-refractivity contribution in [1.29, 1.82) is 0 Å². The molecule has 0 amide bonds. The SMILES string of the molecule is O=C(O)c1ccc(-c2csc(N3CCC(OCc4c(-c5ccccc5OC(F)(F)F)noc4C4CC4)CC3)n2)cc1F. The Balaban J connectivity index is 1.11. The van der Waals surface area contributed by atoms with Crippen LogP contribution in [0.1, 0.15) is 53.3 Å². The fraction of sp³-hybridized carbons (Fsp3) is 0.345. The number of aromatic nitrogens is 2. The van der Waals surface area contributed by atoms with Crippen molar-refractivity contribution in [2.24, 2.45) is 0 Å². The summed E-state index contributed by atoms with van der Waals surface area (Å²) in [5.41, 5.74) is 1.79. The van der Waals surface area contributed by atoms with Crippen LogP contribution in [0.4, 0.5) is 22.7 Å². The van der Waals surface area contributed by atoms with E-state index in [1.807, 2.05) is 0 Å². The number of hydrogen-bond donors (Lipinski definition) is 1. The Kier molecular flexibility index (Phi) is 7.62. The number of halogens is 4. The van der Waals surface area contributed by atoms with Crippen LogP contribution in [0.5, 0.6) is 5.75 Å². The van der Waals surface area contributed by atoms with E-state index in [1.165, 1.54) is 47.7 Å². The average molecular weight is 604 g/mol. The zero-order valence-electron chi connectivity index (χ0n) is 22.1. The molecule has 13 heteroatoms. The van der Waals surface area contributed by atoms with Gasteiger partial charge in [0.25, 0.3) is 0 Å². The van der Waals surface area contributed by atoms with Crippen LogP contribution in [-0.2, 0) is 11.3 Å². The fourth-order valence-electron chi connectivity index (χ4n) is 5.02. The van der Waals surface area contributed by atoms with E-state index in [0.717, 1.165) is 18.0 Å². The number of rotatable bonds is 9. The van der Waals surface area contributed by atoms with Gasteiger partial charge in [-0.1, -0.05) is 23.4 Å². The lowest BCUT2D eigenvalue weighted by atomic mass is 10.0. The summed E-state index contributed by atoms with van der Waals surface area (Å²) >= 11 is 1.42. The van der Waals surface area contributed by atoms with Gasteiger partial charge in [-0.05, 0) is 49.9 Å². The lowest BCUT2D eigenvalue weighted by molar-refractivity contribution is -0.274. The van der Waals surface area contributed by atoms with E-state index in [1.54, 1.807) is 11.4 Å². The lowest BCUT2D eigenvalue weighted by Gasteiger charge is -2.31. The summed E-state index contributed by atoms with van der Waals surface area (Å²) in [4.78, 5) is 17.8. The van der Waals surface area contributed by atoms with Crippen molar-refractivity contribution >= 4 is 22.4 Å². The standard InChI is InChI=1S/C29H25F4N3O5S/c30-22-13-17(7-8-19(22)27(37)38)23-15-42-28(34-23)36-11-9-18(10-12-36)39-14-21-25(35-41-26(21)16-5-6-16)20-3-1-2-4-24(20)40-29(31,32)33/h1-4,7-8,13,15-16,18H,5-6,9-12,14H2,(H,37,38). The van der Waals surface area contributed by atoms with E-state index in [0.29, 0.717) is 48.5 Å². The first-order valence-electron chi connectivity index (χ1n) is 13.3. The van der Waals surface area contributed by atoms with E-state index in [-0.39, 0.29) is 35.6 Å². The summed E-state index contributed by atoms with van der Waals surface area (Å²) in [5, 5.41) is 15.8. The Bertz CT molecular complexity index is 1590. The molecule has 0 bridgehead atoms. The summed E-state index contributed by atoms with van der Waals surface area (Å²) in [5.74, 6) is -1.67. The third-order valence-corrected chi connectivity index (χ3v) is 8.20. The fourth-order valence-corrected chi connectivity index (χ4v) is 5.91. The molecule has 0 radical (unpaired) electrons. The quantitative estimate of drug-likeness (QED) is 0.200. The van der Waals surface area contributed by atoms with E-state index in [2.05, 4.69) is 19.8 Å². The molecule has 1 saturated heterocycles. The molecule has 4 aromatic rings. The number of ether oxygens (including phenoxy) is 2. The van der Waals surface area contributed by atoms with Crippen LogP contribution in [0.2, 0.25) is 0 Å². The van der Waals surface area contributed by atoms with E-state index >= 15 is 0 Å². The summed E-state index contributed by atoms with van der Waals surface area (Å²) in [6.45, 7) is 1.48. The first-order chi connectivity index (χ1) is 20.2. The van der Waals surface area contributed by atoms with Crippen LogP contribution in [-0.4, -0.2) is 46.8 Å². The van der Waals surface area contributed by atoms with Gasteiger partial charge in [0.2, 0.25) is 0 Å². The third-order valence-electron chi connectivity index (χ3n) is 7.30. The second-order valence-electron chi connectivity index (χ2n) is 10.2. The summed E-state index contributed by atoms with van der Waals surface area (Å²) in [6, 6.07) is 9.80. The Labute approximate surface area is 241 Å². The normalized spacial score (nSPS) is 16.1. The molecule has 2 aromatic heterocycles. The highest BCUT2D eigenvalue weighted by molar-refractivity contribution is 7.14. The molecule has 2 aromatic carbocycles. The Morgan fingerprint density at radius 3 is 2.57 bits per heavy atom. The minimum Gasteiger partial charge on any atom is -0.478 e. The van der Waals surface area contributed by atoms with E-state index < -0.39 is 23.7 Å². The molecule has 42 heavy (non-hydrogen) atoms. The number of carboxylic acids is 1. The van der Waals surface area contributed by atoms with Crippen molar-refractivity contribution in [2.45, 2.75) is 50.7 Å². The number of anilines is 1. The maximum absolute atomic E-state index is 14.2. The van der Waals surface area contributed by atoms with Gasteiger partial charge in [-0.2, -0.15) is 0 Å². The van der Waals surface area contributed by atoms with Crippen LogP contribution in [0, 0.1) is 5.82 Å². The highest BCUT2D eigenvalue weighted by atomic mass is 32.1. The number of para-hydroxylation sites is 1. The van der Waals surface area contributed by atoms with Gasteiger partial charge in [0.1, 0.15) is 23.0 Å². The predicted molar refractivity (Wildman–Crippen MR) is 145 cm³/mol. The minimum atomic E-state index is -4.84. The molecule has 1 saturated carbocycles. The van der Waals surface area contributed by atoms with Crippen molar-refractivity contribution in [3.63, 3.8) is 0 Å². The van der Waals surface area contributed by atoms with E-state index in [4.69, 9.17) is 14.4 Å². The van der Waals surface area contributed by atoms with Crippen LogP contribution in [0.25, 0.3) is 22.5 Å². The molecule has 3 heterocycles. The van der Waals surface area contributed by atoms with Gasteiger partial charge in [-0.3, -0.25) is 0 Å². The highest BCUT2D eigenvalue weighted by Crippen LogP contribution is 2.46. The first-order valence-corrected chi connectivity index (χ1v) is 14.2. The number of benzene rings is 2. The zero-order chi connectivity index (χ0) is 29.4. The van der Waals surface area contributed by atoms with Gasteiger partial charge >= 0.3 is 12.3 Å². The second-order valence-corrected chi connectivity index (χ2v) is 11.0. The number of thiazole rings is 1. The highest BCUT2D eigenvalue weighted by Gasteiger charge is 2.36. The minimum absolute atomic E-state index is 0.0881. The van der Waals surface area contributed by atoms with Crippen LogP contribution in [0.3, 0.4) is 0 Å². The molecular weight excluding hydrogens is 578 g/mol. The maximum atomic E-state index is 14.2. The predicted octanol–water partition coefficient (Wildman–Crippen LogP) is 7.26. The molecule has 8 nitrogen and oxygen atoms in total. The van der Waals surface area contributed by atoms with Crippen molar-refractivity contribution in [1.82, 2.24) is 10.1 Å². The monoisotopic (exact) mass is 603 g/mol. The number of carbonyl (C=O) groups is 1. The van der Waals surface area contributed by atoms with Gasteiger partial charge < -0.3 is 24.0 Å². The third kappa shape index (κ3) is 6.12. The Morgan fingerprint density at radius 2 is 1.88 bits per heavy atom. The van der Waals surface area contributed by atoms with Crippen molar-refractivity contribution in [3.8, 4) is 28.3 Å². The van der Waals surface area contributed by atoms with Crippen LogP contribution >= 0.6 is 11.3 Å². The van der Waals surface area contributed by atoms with Crippen LogP contribution < -0.4 is 9.64 Å². The number of carboxylic acid groups (broad SMARTS) is 1. The Hall–Kier alpha value is -3.97. The molecule has 0 spiro atoms. The van der Waals surface area contributed by atoms with Gasteiger partial charge in [0.15, 0.2) is 5.13 Å². The molecular formula is C29H25F4N3O5S. The smallest absolute Gasteiger partial charge is 0.478 e. The molecule has 2 fully saturated rings. The summed E-state index contributed by atoms with van der Waals surface area (Å²) < 4.78 is 69.4. The first kappa shape index (κ1) is 28.2. The summed E-state index contributed by atoms with van der Waals surface area (Å²) in [6.07, 6.45) is -1.69. The molecule has 220 valence electrons. The number of alkyl halides is 3. The molecule has 0 unspecified atom stereocenters. The van der Waals surface area contributed by atoms with E-state index in [9.17, 15) is 22.4 Å². The number of piperidine rings is 1. The van der Waals surface area contributed by atoms with Gasteiger partial charge in [0, 0.05) is 41.1 Å². The van der Waals surface area contributed by atoms with Gasteiger partial charge in [-0.25, -0.2) is 14.2 Å². The van der Waals surface area contributed by atoms with Crippen molar-refractivity contribution < 1.29 is 41.5 Å². The number of nitrogens with zero attached hydrogens (tertiary/aromatic N) is 3. The Morgan fingerprint density at radius 1 is 1.12 bits per heavy atom. The molecule has 6 rings (SSSR count).